The first-order valence-corrected chi connectivity index (χ1v) is 7.99. The van der Waals surface area contributed by atoms with E-state index in [4.69, 9.17) is 4.74 Å². The molecule has 3 rings (SSSR count). The largest absolute Gasteiger partial charge is 0.493 e. The monoisotopic (exact) mass is 344 g/mol. The SMILES string of the molecule is O=C(Cc1cccc(F)c1[N+](=O)[O-])NC1CCCOc2ccccc21. The zero-order chi connectivity index (χ0) is 17.8. The van der Waals surface area contributed by atoms with E-state index in [1.165, 1.54) is 12.1 Å². The smallest absolute Gasteiger partial charge is 0.308 e. The molecule has 0 radical (unpaired) electrons. The fourth-order valence-electron chi connectivity index (χ4n) is 3.00. The number of hydrogen-bond donors (Lipinski definition) is 1. The molecule has 130 valence electrons. The minimum absolute atomic E-state index is 0.0562. The van der Waals surface area contributed by atoms with Crippen molar-refractivity contribution in [2.24, 2.45) is 0 Å². The van der Waals surface area contributed by atoms with Crippen LogP contribution in [0.15, 0.2) is 42.5 Å². The Morgan fingerprint density at radius 3 is 2.88 bits per heavy atom. The molecule has 0 bridgehead atoms. The summed E-state index contributed by atoms with van der Waals surface area (Å²) in [5.74, 6) is -0.610. The normalized spacial score (nSPS) is 16.3. The number of amides is 1. The number of benzene rings is 2. The van der Waals surface area contributed by atoms with Gasteiger partial charge in [0.25, 0.3) is 0 Å². The minimum atomic E-state index is -0.941. The summed E-state index contributed by atoms with van der Waals surface area (Å²) in [5, 5.41) is 13.9. The van der Waals surface area contributed by atoms with Crippen molar-refractivity contribution in [3.8, 4) is 5.75 Å². The van der Waals surface area contributed by atoms with E-state index in [9.17, 15) is 19.3 Å². The van der Waals surface area contributed by atoms with Crippen LogP contribution in [0.5, 0.6) is 5.75 Å². The molecule has 1 aliphatic heterocycles. The highest BCUT2D eigenvalue weighted by Crippen LogP contribution is 2.31. The molecule has 2 aromatic rings. The average molecular weight is 344 g/mol. The predicted octanol–water partition coefficient (Wildman–Crippen LogP) is 3.31. The number of rotatable bonds is 4. The van der Waals surface area contributed by atoms with Crippen molar-refractivity contribution in [3.05, 3.63) is 69.5 Å². The van der Waals surface area contributed by atoms with E-state index in [-0.39, 0.29) is 18.0 Å². The molecule has 1 unspecified atom stereocenters. The highest BCUT2D eigenvalue weighted by molar-refractivity contribution is 5.80. The Morgan fingerprint density at radius 2 is 2.08 bits per heavy atom. The summed E-state index contributed by atoms with van der Waals surface area (Å²) < 4.78 is 19.3. The van der Waals surface area contributed by atoms with Gasteiger partial charge in [-0.1, -0.05) is 30.3 Å². The van der Waals surface area contributed by atoms with E-state index in [1.807, 2.05) is 24.3 Å². The Kier molecular flexibility index (Phi) is 4.92. The van der Waals surface area contributed by atoms with Gasteiger partial charge in [0.15, 0.2) is 0 Å². The Balaban J connectivity index is 1.78. The highest BCUT2D eigenvalue weighted by Gasteiger charge is 2.24. The van der Waals surface area contributed by atoms with Gasteiger partial charge in [-0.3, -0.25) is 14.9 Å². The van der Waals surface area contributed by atoms with Crippen LogP contribution in [0.1, 0.15) is 30.0 Å². The quantitative estimate of drug-likeness (QED) is 0.681. The highest BCUT2D eigenvalue weighted by atomic mass is 19.1. The zero-order valence-corrected chi connectivity index (χ0v) is 13.4. The summed E-state index contributed by atoms with van der Waals surface area (Å²) in [6.07, 6.45) is 1.22. The predicted molar refractivity (Wildman–Crippen MR) is 88.8 cm³/mol. The molecule has 0 saturated carbocycles. The number of fused-ring (bicyclic) bond motifs is 1. The van der Waals surface area contributed by atoms with Crippen molar-refractivity contribution in [1.29, 1.82) is 0 Å². The molecule has 0 saturated heterocycles. The maximum Gasteiger partial charge on any atom is 0.308 e. The summed E-state index contributed by atoms with van der Waals surface area (Å²) in [6.45, 7) is 0.568. The summed E-state index contributed by atoms with van der Waals surface area (Å²) in [5.41, 5.74) is 0.282. The molecule has 1 N–H and O–H groups in total. The van der Waals surface area contributed by atoms with E-state index in [1.54, 1.807) is 0 Å². The van der Waals surface area contributed by atoms with Gasteiger partial charge >= 0.3 is 5.69 Å². The molecule has 1 atom stereocenters. The minimum Gasteiger partial charge on any atom is -0.493 e. The van der Waals surface area contributed by atoms with Gasteiger partial charge in [0.2, 0.25) is 11.7 Å². The lowest BCUT2D eigenvalue weighted by atomic mass is 10.0. The van der Waals surface area contributed by atoms with E-state index >= 15 is 0 Å². The maximum absolute atomic E-state index is 13.7. The summed E-state index contributed by atoms with van der Waals surface area (Å²) in [7, 11) is 0. The number of halogens is 1. The Bertz CT molecular complexity index is 809. The van der Waals surface area contributed by atoms with Crippen molar-refractivity contribution >= 4 is 11.6 Å². The lowest BCUT2D eigenvalue weighted by Gasteiger charge is -2.18. The van der Waals surface area contributed by atoms with Crippen LogP contribution in [0.3, 0.4) is 0 Å². The number of nitro benzene ring substituents is 1. The van der Waals surface area contributed by atoms with Gasteiger partial charge in [-0.05, 0) is 25.0 Å². The third-order valence-electron chi connectivity index (χ3n) is 4.13. The second-order valence-electron chi connectivity index (χ2n) is 5.83. The number of carbonyl (C=O) groups excluding carboxylic acids is 1. The number of nitro groups is 1. The topological polar surface area (TPSA) is 81.5 Å². The van der Waals surface area contributed by atoms with Gasteiger partial charge in [-0.15, -0.1) is 0 Å². The molecular formula is C18H17FN2O4. The summed E-state index contributed by atoms with van der Waals surface area (Å²) in [6, 6.07) is 11.0. The molecule has 0 fully saturated rings. The van der Waals surface area contributed by atoms with Gasteiger partial charge in [0.1, 0.15) is 5.75 Å². The Morgan fingerprint density at radius 1 is 1.28 bits per heavy atom. The zero-order valence-electron chi connectivity index (χ0n) is 13.4. The van der Waals surface area contributed by atoms with Gasteiger partial charge in [-0.25, -0.2) is 0 Å². The van der Waals surface area contributed by atoms with Crippen molar-refractivity contribution < 1.29 is 18.8 Å². The molecule has 1 aliphatic rings. The first kappa shape index (κ1) is 16.9. The lowest BCUT2D eigenvalue weighted by molar-refractivity contribution is -0.388. The van der Waals surface area contributed by atoms with E-state index in [0.29, 0.717) is 13.0 Å². The van der Waals surface area contributed by atoms with Gasteiger partial charge in [-0.2, -0.15) is 4.39 Å². The van der Waals surface area contributed by atoms with Crippen LogP contribution in [-0.4, -0.2) is 17.4 Å². The molecule has 6 nitrogen and oxygen atoms in total. The van der Waals surface area contributed by atoms with Crippen LogP contribution in [0.4, 0.5) is 10.1 Å². The van der Waals surface area contributed by atoms with Gasteiger partial charge in [0.05, 0.1) is 24.0 Å². The molecule has 1 heterocycles. The van der Waals surface area contributed by atoms with Gasteiger partial charge in [0, 0.05) is 11.1 Å². The van der Waals surface area contributed by atoms with Crippen molar-refractivity contribution in [3.63, 3.8) is 0 Å². The Labute approximate surface area is 143 Å². The first-order valence-electron chi connectivity index (χ1n) is 7.99. The second-order valence-corrected chi connectivity index (χ2v) is 5.83. The van der Waals surface area contributed by atoms with E-state index in [2.05, 4.69) is 5.32 Å². The van der Waals surface area contributed by atoms with Crippen LogP contribution in [0, 0.1) is 15.9 Å². The van der Waals surface area contributed by atoms with Crippen molar-refractivity contribution in [1.82, 2.24) is 5.32 Å². The van der Waals surface area contributed by atoms with Crippen LogP contribution in [-0.2, 0) is 11.2 Å². The van der Waals surface area contributed by atoms with Crippen LogP contribution < -0.4 is 10.1 Å². The second kappa shape index (κ2) is 7.29. The summed E-state index contributed by atoms with van der Waals surface area (Å²) in [4.78, 5) is 22.6. The van der Waals surface area contributed by atoms with E-state index < -0.39 is 22.3 Å². The fraction of sp³-hybridized carbons (Fsp3) is 0.278. The van der Waals surface area contributed by atoms with Crippen molar-refractivity contribution in [2.75, 3.05) is 6.61 Å². The standard InChI is InChI=1S/C18H17FN2O4/c19-14-7-3-5-12(18(14)21(23)24)11-17(22)20-15-8-4-10-25-16-9-2-1-6-13(15)16/h1-3,5-7,9,15H,4,8,10-11H2,(H,20,22). The van der Waals surface area contributed by atoms with E-state index in [0.717, 1.165) is 23.8 Å². The summed E-state index contributed by atoms with van der Waals surface area (Å²) >= 11 is 0. The molecule has 0 aromatic heterocycles. The molecule has 0 spiro atoms. The fourth-order valence-corrected chi connectivity index (χ4v) is 3.00. The molecule has 2 aromatic carbocycles. The Hall–Kier alpha value is -2.96. The first-order chi connectivity index (χ1) is 12.1. The number of hydrogen-bond acceptors (Lipinski definition) is 4. The maximum atomic E-state index is 13.7. The molecule has 1 amide bonds. The van der Waals surface area contributed by atoms with Crippen LogP contribution in [0.2, 0.25) is 0 Å². The molecule has 7 heteroatoms. The van der Waals surface area contributed by atoms with Crippen LogP contribution >= 0.6 is 0 Å². The number of nitrogens with one attached hydrogen (secondary N) is 1. The number of ether oxygens (including phenoxy) is 1. The lowest BCUT2D eigenvalue weighted by Crippen LogP contribution is -2.30. The van der Waals surface area contributed by atoms with Gasteiger partial charge < -0.3 is 10.1 Å². The molecular weight excluding hydrogens is 327 g/mol. The average Bonchev–Trinajstić information content (AvgIpc) is 2.77. The third kappa shape index (κ3) is 3.76. The third-order valence-corrected chi connectivity index (χ3v) is 4.13. The van der Waals surface area contributed by atoms with Crippen LogP contribution in [0.25, 0.3) is 0 Å². The number of para-hydroxylation sites is 2. The molecule has 25 heavy (non-hydrogen) atoms. The number of carbonyl (C=O) groups is 1. The molecule has 0 aliphatic carbocycles. The van der Waals surface area contributed by atoms with Crippen molar-refractivity contribution in [2.45, 2.75) is 25.3 Å². The number of nitrogens with zero attached hydrogens (tertiary/aromatic N) is 1.